The molecule has 7 nitrogen and oxygen atoms in total. The minimum Gasteiger partial charge on any atom is -0.341 e. The minimum absolute atomic E-state index is 0.0422. The van der Waals surface area contributed by atoms with Gasteiger partial charge in [0.05, 0.1) is 11.5 Å². The number of carbonyl (C=O) groups excluding carboxylic acids is 1. The molecule has 0 radical (unpaired) electrons. The van der Waals surface area contributed by atoms with Gasteiger partial charge < -0.3 is 9.80 Å². The SMILES string of the molecule is CCN(CC)c1nccc(C(=O)N(CC)C2CCS(=O)(=O)C2)n1. The Kier molecular flexibility index (Phi) is 5.56. The highest BCUT2D eigenvalue weighted by Crippen LogP contribution is 2.20. The number of aromatic nitrogens is 2. The van der Waals surface area contributed by atoms with E-state index in [1.54, 1.807) is 17.2 Å². The zero-order valence-corrected chi connectivity index (χ0v) is 14.7. The zero-order chi connectivity index (χ0) is 17.0. The van der Waals surface area contributed by atoms with Crippen LogP contribution in [-0.2, 0) is 9.84 Å². The molecule has 0 aromatic carbocycles. The van der Waals surface area contributed by atoms with Gasteiger partial charge in [-0.15, -0.1) is 0 Å². The van der Waals surface area contributed by atoms with E-state index < -0.39 is 9.84 Å². The normalized spacial score (nSPS) is 19.5. The lowest BCUT2D eigenvalue weighted by atomic mass is 10.2. The van der Waals surface area contributed by atoms with Gasteiger partial charge in [-0.05, 0) is 33.3 Å². The van der Waals surface area contributed by atoms with Gasteiger partial charge in [-0.2, -0.15) is 0 Å². The number of amides is 1. The minimum atomic E-state index is -3.03. The van der Waals surface area contributed by atoms with Gasteiger partial charge >= 0.3 is 0 Å². The summed E-state index contributed by atoms with van der Waals surface area (Å²) >= 11 is 0. The summed E-state index contributed by atoms with van der Waals surface area (Å²) in [4.78, 5) is 24.9. The van der Waals surface area contributed by atoms with Gasteiger partial charge in [0.2, 0.25) is 5.95 Å². The van der Waals surface area contributed by atoms with Crippen LogP contribution in [0.15, 0.2) is 12.3 Å². The molecule has 1 unspecified atom stereocenters. The number of hydrogen-bond acceptors (Lipinski definition) is 6. The maximum Gasteiger partial charge on any atom is 0.272 e. The summed E-state index contributed by atoms with van der Waals surface area (Å²) in [5, 5.41) is 0. The van der Waals surface area contributed by atoms with Crippen molar-refractivity contribution in [2.75, 3.05) is 36.0 Å². The number of carbonyl (C=O) groups is 1. The van der Waals surface area contributed by atoms with E-state index in [2.05, 4.69) is 9.97 Å². The van der Waals surface area contributed by atoms with Crippen molar-refractivity contribution < 1.29 is 13.2 Å². The molecule has 1 amide bonds. The second-order valence-electron chi connectivity index (χ2n) is 5.56. The third-order valence-corrected chi connectivity index (χ3v) is 5.91. The average Bonchev–Trinajstić information content (AvgIpc) is 2.89. The van der Waals surface area contributed by atoms with E-state index in [1.807, 2.05) is 25.7 Å². The number of anilines is 1. The monoisotopic (exact) mass is 340 g/mol. The van der Waals surface area contributed by atoms with E-state index in [0.717, 1.165) is 13.1 Å². The summed E-state index contributed by atoms with van der Waals surface area (Å²) in [6.07, 6.45) is 2.07. The van der Waals surface area contributed by atoms with Crippen LogP contribution in [0.4, 0.5) is 5.95 Å². The van der Waals surface area contributed by atoms with Crippen molar-refractivity contribution in [3.05, 3.63) is 18.0 Å². The molecule has 0 saturated carbocycles. The van der Waals surface area contributed by atoms with Crippen LogP contribution in [0.1, 0.15) is 37.7 Å². The summed E-state index contributed by atoms with van der Waals surface area (Å²) in [5.41, 5.74) is 0.313. The topological polar surface area (TPSA) is 83.5 Å². The molecule has 1 fully saturated rings. The highest BCUT2D eigenvalue weighted by Gasteiger charge is 2.34. The van der Waals surface area contributed by atoms with Crippen molar-refractivity contribution in [3.8, 4) is 0 Å². The Morgan fingerprint density at radius 1 is 1.26 bits per heavy atom. The molecule has 2 heterocycles. The van der Waals surface area contributed by atoms with Gasteiger partial charge in [0.25, 0.3) is 5.91 Å². The van der Waals surface area contributed by atoms with E-state index in [0.29, 0.717) is 24.6 Å². The van der Waals surface area contributed by atoms with Gasteiger partial charge in [-0.1, -0.05) is 0 Å². The van der Waals surface area contributed by atoms with E-state index in [1.165, 1.54) is 0 Å². The Hall–Kier alpha value is -1.70. The Balaban J connectivity index is 2.23. The first kappa shape index (κ1) is 17.7. The summed E-state index contributed by atoms with van der Waals surface area (Å²) in [6.45, 7) is 7.84. The lowest BCUT2D eigenvalue weighted by Crippen LogP contribution is -2.41. The van der Waals surface area contributed by atoms with Gasteiger partial charge in [0, 0.05) is 31.9 Å². The molecule has 1 aromatic rings. The predicted octanol–water partition coefficient (Wildman–Crippen LogP) is 0.972. The van der Waals surface area contributed by atoms with Gasteiger partial charge in [-0.3, -0.25) is 4.79 Å². The van der Waals surface area contributed by atoms with Crippen molar-refractivity contribution >= 4 is 21.7 Å². The first-order valence-electron chi connectivity index (χ1n) is 8.01. The third kappa shape index (κ3) is 3.99. The fraction of sp³-hybridized carbons (Fsp3) is 0.667. The molecule has 1 aliphatic heterocycles. The van der Waals surface area contributed by atoms with E-state index in [9.17, 15) is 13.2 Å². The number of rotatable bonds is 6. The number of sulfone groups is 1. The van der Waals surface area contributed by atoms with Crippen molar-refractivity contribution in [2.45, 2.75) is 33.2 Å². The lowest BCUT2D eigenvalue weighted by molar-refractivity contribution is 0.0702. The Morgan fingerprint density at radius 2 is 1.96 bits per heavy atom. The summed E-state index contributed by atoms with van der Waals surface area (Å²) in [7, 11) is -3.03. The molecule has 0 spiro atoms. The van der Waals surface area contributed by atoms with Crippen LogP contribution in [-0.4, -0.2) is 66.4 Å². The summed E-state index contributed by atoms with van der Waals surface area (Å²) in [6, 6.07) is 1.32. The molecule has 23 heavy (non-hydrogen) atoms. The Labute approximate surface area is 137 Å². The molecule has 0 aliphatic carbocycles. The smallest absolute Gasteiger partial charge is 0.272 e. The molecule has 8 heteroatoms. The van der Waals surface area contributed by atoms with Gasteiger partial charge in [0.15, 0.2) is 9.84 Å². The van der Waals surface area contributed by atoms with E-state index in [-0.39, 0.29) is 23.5 Å². The second kappa shape index (κ2) is 7.25. The molecular weight excluding hydrogens is 316 g/mol. The van der Waals surface area contributed by atoms with Gasteiger partial charge in [-0.25, -0.2) is 18.4 Å². The molecule has 0 N–H and O–H groups in total. The second-order valence-corrected chi connectivity index (χ2v) is 7.79. The Bertz CT molecular complexity index is 658. The number of hydrogen-bond donors (Lipinski definition) is 0. The highest BCUT2D eigenvalue weighted by molar-refractivity contribution is 7.91. The van der Waals surface area contributed by atoms with Crippen molar-refractivity contribution in [1.82, 2.24) is 14.9 Å². The fourth-order valence-corrected chi connectivity index (χ4v) is 4.59. The van der Waals surface area contributed by atoms with Crippen LogP contribution in [0.2, 0.25) is 0 Å². The summed E-state index contributed by atoms with van der Waals surface area (Å²) < 4.78 is 23.3. The van der Waals surface area contributed by atoms with Crippen LogP contribution in [0.5, 0.6) is 0 Å². The van der Waals surface area contributed by atoms with Crippen molar-refractivity contribution in [1.29, 1.82) is 0 Å². The quantitative estimate of drug-likeness (QED) is 0.767. The first-order valence-corrected chi connectivity index (χ1v) is 9.83. The molecule has 128 valence electrons. The van der Waals surface area contributed by atoms with Gasteiger partial charge in [0.1, 0.15) is 5.69 Å². The first-order chi connectivity index (χ1) is 10.9. The van der Waals surface area contributed by atoms with Crippen LogP contribution < -0.4 is 4.90 Å². The van der Waals surface area contributed by atoms with Crippen LogP contribution >= 0.6 is 0 Å². The van der Waals surface area contributed by atoms with Crippen LogP contribution in [0, 0.1) is 0 Å². The van der Waals surface area contributed by atoms with E-state index >= 15 is 0 Å². The van der Waals surface area contributed by atoms with E-state index in [4.69, 9.17) is 0 Å². The molecule has 1 atom stereocenters. The van der Waals surface area contributed by atoms with Crippen molar-refractivity contribution in [2.24, 2.45) is 0 Å². The molecule has 1 aromatic heterocycles. The lowest BCUT2D eigenvalue weighted by Gasteiger charge is -2.27. The van der Waals surface area contributed by atoms with Crippen LogP contribution in [0.25, 0.3) is 0 Å². The summed E-state index contributed by atoms with van der Waals surface area (Å²) in [5.74, 6) is 0.484. The standard InChI is InChI=1S/C15H24N4O3S/c1-4-18(5-2)15-16-9-7-13(17-15)14(20)19(6-3)12-8-10-23(21,22)11-12/h7,9,12H,4-6,8,10-11H2,1-3H3. The molecule has 1 aliphatic rings. The van der Waals surface area contributed by atoms with Crippen LogP contribution in [0.3, 0.4) is 0 Å². The average molecular weight is 340 g/mol. The predicted molar refractivity (Wildman–Crippen MR) is 89.4 cm³/mol. The fourth-order valence-electron chi connectivity index (χ4n) is 2.86. The molecule has 2 rings (SSSR count). The maximum atomic E-state index is 12.7. The van der Waals surface area contributed by atoms with Crippen molar-refractivity contribution in [3.63, 3.8) is 0 Å². The highest BCUT2D eigenvalue weighted by atomic mass is 32.2. The Morgan fingerprint density at radius 3 is 2.48 bits per heavy atom. The molecular formula is C15H24N4O3S. The number of nitrogens with zero attached hydrogens (tertiary/aromatic N) is 4. The molecule has 0 bridgehead atoms. The largest absolute Gasteiger partial charge is 0.341 e. The maximum absolute atomic E-state index is 12.7. The zero-order valence-electron chi connectivity index (χ0n) is 13.9. The third-order valence-electron chi connectivity index (χ3n) is 4.16. The molecule has 1 saturated heterocycles.